The predicted octanol–water partition coefficient (Wildman–Crippen LogP) is 9.55. The van der Waals surface area contributed by atoms with Gasteiger partial charge in [-0.2, -0.15) is 10.5 Å². The molecule has 0 spiro atoms. The first-order valence-corrected chi connectivity index (χ1v) is 14.5. The lowest BCUT2D eigenvalue weighted by Crippen LogP contribution is -2.01. The lowest BCUT2D eigenvalue weighted by atomic mass is 9.89. The van der Waals surface area contributed by atoms with Crippen molar-refractivity contribution in [3.63, 3.8) is 0 Å². The van der Waals surface area contributed by atoms with E-state index >= 15 is 0 Å². The minimum atomic E-state index is 0.331. The zero-order valence-corrected chi connectivity index (χ0v) is 23.3. The van der Waals surface area contributed by atoms with Crippen molar-refractivity contribution >= 4 is 21.8 Å². The molecule has 1 heterocycles. The van der Waals surface area contributed by atoms with Crippen LogP contribution in [0.4, 0.5) is 0 Å². The van der Waals surface area contributed by atoms with Crippen LogP contribution in [0, 0.1) is 22.7 Å². The van der Waals surface area contributed by atoms with Crippen molar-refractivity contribution in [1.29, 1.82) is 10.5 Å². The van der Waals surface area contributed by atoms with Crippen LogP contribution in [0.1, 0.15) is 33.7 Å². The second-order valence-electron chi connectivity index (χ2n) is 11.1. The number of nitrogens with zero attached hydrogens (tertiary/aromatic N) is 3. The Hall–Kier alpha value is -5.90. The lowest BCUT2D eigenvalue weighted by molar-refractivity contribution is 0.827. The maximum Gasteiger partial charge on any atom is 0.101 e. The number of fused-ring (bicyclic) bond motifs is 6. The van der Waals surface area contributed by atoms with Gasteiger partial charge in [0, 0.05) is 16.7 Å². The van der Waals surface area contributed by atoms with Crippen LogP contribution in [0.2, 0.25) is 0 Å². The molecule has 0 N–H and O–H groups in total. The van der Waals surface area contributed by atoms with Crippen molar-refractivity contribution in [2.75, 3.05) is 0 Å². The van der Waals surface area contributed by atoms with E-state index in [2.05, 4.69) is 120 Å². The summed E-state index contributed by atoms with van der Waals surface area (Å²) in [5, 5.41) is 22.1. The molecule has 0 saturated carbocycles. The highest BCUT2D eigenvalue weighted by atomic mass is 15.0. The first kappa shape index (κ1) is 24.9. The van der Waals surface area contributed by atoms with Crippen LogP contribution in [0.15, 0.2) is 133 Å². The Kier molecular flexibility index (Phi) is 5.71. The van der Waals surface area contributed by atoms with Crippen molar-refractivity contribution in [2.45, 2.75) is 12.3 Å². The molecule has 1 aliphatic rings. The molecule has 0 amide bonds. The number of aromatic nitrogens is 1. The van der Waals surface area contributed by atoms with Crippen molar-refractivity contribution in [3.05, 3.63) is 161 Å². The van der Waals surface area contributed by atoms with Gasteiger partial charge in [-0.15, -0.1) is 0 Å². The van der Waals surface area contributed by atoms with Crippen LogP contribution >= 0.6 is 0 Å². The molecular weight excluding hydrogens is 522 g/mol. The average Bonchev–Trinajstić information content (AvgIpc) is 3.56. The molecule has 43 heavy (non-hydrogen) atoms. The molecule has 3 heteroatoms. The SMILES string of the molecule is N#Cc1cccc(C#N)c1-n1c2ccccc2c2cc(-c3ccc4c(c3)-c3ccccc3C4Cc3ccccc3)ccc21. The van der Waals surface area contributed by atoms with E-state index in [0.717, 1.165) is 33.8 Å². The van der Waals surface area contributed by atoms with E-state index in [4.69, 9.17) is 0 Å². The van der Waals surface area contributed by atoms with Crippen molar-refractivity contribution in [3.8, 4) is 40.1 Å². The van der Waals surface area contributed by atoms with Gasteiger partial charge in [0.25, 0.3) is 0 Å². The Balaban J connectivity index is 1.29. The van der Waals surface area contributed by atoms with Gasteiger partial charge in [-0.1, -0.05) is 97.1 Å². The number of para-hydroxylation sites is 2. The fourth-order valence-corrected chi connectivity index (χ4v) is 6.91. The number of hydrogen-bond acceptors (Lipinski definition) is 2. The Morgan fingerprint density at radius 3 is 2.00 bits per heavy atom. The van der Waals surface area contributed by atoms with Crippen LogP contribution in [-0.2, 0) is 6.42 Å². The maximum absolute atomic E-state index is 9.95. The summed E-state index contributed by atoms with van der Waals surface area (Å²) in [4.78, 5) is 0. The van der Waals surface area contributed by atoms with E-state index in [1.54, 1.807) is 18.2 Å². The van der Waals surface area contributed by atoms with Gasteiger partial charge in [0.1, 0.15) is 12.1 Å². The van der Waals surface area contributed by atoms with E-state index in [0.29, 0.717) is 22.7 Å². The Bertz CT molecular complexity index is 2260. The van der Waals surface area contributed by atoms with Crippen LogP contribution in [0.3, 0.4) is 0 Å². The second kappa shape index (κ2) is 9.88. The third-order valence-electron chi connectivity index (χ3n) is 8.84. The van der Waals surface area contributed by atoms with Crippen molar-refractivity contribution in [1.82, 2.24) is 4.57 Å². The molecule has 0 saturated heterocycles. The Morgan fingerprint density at radius 1 is 0.535 bits per heavy atom. The lowest BCUT2D eigenvalue weighted by Gasteiger charge is -2.14. The first-order valence-electron chi connectivity index (χ1n) is 14.5. The number of rotatable bonds is 4. The molecule has 0 bridgehead atoms. The largest absolute Gasteiger partial charge is 0.307 e. The van der Waals surface area contributed by atoms with Gasteiger partial charge in [0.2, 0.25) is 0 Å². The summed E-state index contributed by atoms with van der Waals surface area (Å²) in [5.41, 5.74) is 12.6. The van der Waals surface area contributed by atoms with Gasteiger partial charge in [0.05, 0.1) is 27.8 Å². The minimum Gasteiger partial charge on any atom is -0.307 e. The van der Waals surface area contributed by atoms with Crippen LogP contribution in [-0.4, -0.2) is 4.57 Å². The predicted molar refractivity (Wildman–Crippen MR) is 173 cm³/mol. The molecule has 0 aliphatic heterocycles. The molecule has 1 aromatic heterocycles. The third-order valence-corrected chi connectivity index (χ3v) is 8.84. The van der Waals surface area contributed by atoms with E-state index in [9.17, 15) is 10.5 Å². The van der Waals surface area contributed by atoms with Crippen molar-refractivity contribution in [2.24, 2.45) is 0 Å². The van der Waals surface area contributed by atoms with E-state index in [1.165, 1.54) is 33.4 Å². The third kappa shape index (κ3) is 3.87. The molecule has 1 aliphatic carbocycles. The van der Waals surface area contributed by atoms with Crippen LogP contribution in [0.5, 0.6) is 0 Å². The summed E-state index contributed by atoms with van der Waals surface area (Å²) in [6.45, 7) is 0. The Labute approximate surface area is 250 Å². The highest BCUT2D eigenvalue weighted by Crippen LogP contribution is 2.47. The van der Waals surface area contributed by atoms with E-state index < -0.39 is 0 Å². The normalized spacial score (nSPS) is 13.4. The second-order valence-corrected chi connectivity index (χ2v) is 11.1. The highest BCUT2D eigenvalue weighted by Gasteiger charge is 2.29. The Morgan fingerprint density at radius 2 is 1.19 bits per heavy atom. The topological polar surface area (TPSA) is 52.5 Å². The fourth-order valence-electron chi connectivity index (χ4n) is 6.91. The summed E-state index contributed by atoms with van der Waals surface area (Å²) in [7, 11) is 0. The summed E-state index contributed by atoms with van der Waals surface area (Å²) in [5.74, 6) is 0.331. The summed E-state index contributed by atoms with van der Waals surface area (Å²) in [6.07, 6.45) is 0.977. The highest BCUT2D eigenvalue weighted by molar-refractivity contribution is 6.11. The summed E-state index contributed by atoms with van der Waals surface area (Å²) in [6, 6.07) is 51.1. The molecule has 200 valence electrons. The first-order chi connectivity index (χ1) is 21.2. The molecule has 3 nitrogen and oxygen atoms in total. The molecule has 0 radical (unpaired) electrons. The number of hydrogen-bond donors (Lipinski definition) is 0. The van der Waals surface area contributed by atoms with E-state index in [-0.39, 0.29) is 0 Å². The van der Waals surface area contributed by atoms with Crippen LogP contribution < -0.4 is 0 Å². The molecular formula is C40H25N3. The number of benzene rings is 6. The van der Waals surface area contributed by atoms with Crippen LogP contribution in [0.25, 0.3) is 49.7 Å². The monoisotopic (exact) mass is 547 g/mol. The molecule has 7 aromatic rings. The van der Waals surface area contributed by atoms with Gasteiger partial charge in [-0.25, -0.2) is 0 Å². The van der Waals surface area contributed by atoms with Gasteiger partial charge >= 0.3 is 0 Å². The molecule has 8 rings (SSSR count). The zero-order chi connectivity index (χ0) is 28.9. The fraction of sp³-hybridized carbons (Fsp3) is 0.0500. The quantitative estimate of drug-likeness (QED) is 0.220. The molecule has 1 unspecified atom stereocenters. The molecule has 1 atom stereocenters. The van der Waals surface area contributed by atoms with E-state index in [1.807, 2.05) is 12.1 Å². The van der Waals surface area contributed by atoms with Gasteiger partial charge < -0.3 is 4.57 Å². The van der Waals surface area contributed by atoms with Gasteiger partial charge in [-0.05, 0) is 81.8 Å². The average molecular weight is 548 g/mol. The van der Waals surface area contributed by atoms with Gasteiger partial charge in [0.15, 0.2) is 0 Å². The maximum atomic E-state index is 9.95. The molecule has 6 aromatic carbocycles. The van der Waals surface area contributed by atoms with Crippen molar-refractivity contribution < 1.29 is 0 Å². The molecule has 0 fully saturated rings. The zero-order valence-electron chi connectivity index (χ0n) is 23.3. The minimum absolute atomic E-state index is 0.331. The smallest absolute Gasteiger partial charge is 0.101 e. The summed E-state index contributed by atoms with van der Waals surface area (Å²) < 4.78 is 2.07. The van der Waals surface area contributed by atoms with Gasteiger partial charge in [-0.3, -0.25) is 0 Å². The number of nitriles is 2. The standard InChI is InChI=1S/C40H25N3/c41-24-29-11-8-12-30(25-42)40(29)43-38-16-7-6-15-34(38)37-23-28(18-20-39(37)43)27-17-19-33-35(21-26-9-2-1-3-10-26)31-13-4-5-14-32(31)36(33)22-27/h1-20,22-23,35H,21H2. The summed E-state index contributed by atoms with van der Waals surface area (Å²) >= 11 is 0.